The molecule has 0 unspecified atom stereocenters. The molecule has 0 radical (unpaired) electrons. The Bertz CT molecular complexity index is 1390. The SMILES string of the molecule is COc1ccc(C(=O)N2CCN(C)CC2)cc1NC(=O)c1cn(Cc2ccccc2)c2ccccc12. The van der Waals surface area contributed by atoms with Crippen molar-refractivity contribution in [2.24, 2.45) is 0 Å². The number of amides is 2. The maximum Gasteiger partial charge on any atom is 0.257 e. The van der Waals surface area contributed by atoms with E-state index >= 15 is 0 Å². The summed E-state index contributed by atoms with van der Waals surface area (Å²) in [5.41, 5.74) is 3.71. The Balaban J connectivity index is 1.42. The Morgan fingerprint density at radius 1 is 0.917 bits per heavy atom. The van der Waals surface area contributed by atoms with Crippen molar-refractivity contribution in [2.45, 2.75) is 6.54 Å². The molecule has 1 aromatic heterocycles. The molecule has 5 rings (SSSR count). The molecule has 1 aliphatic rings. The molecule has 1 N–H and O–H groups in total. The van der Waals surface area contributed by atoms with Crippen LogP contribution in [0.4, 0.5) is 5.69 Å². The molecule has 0 bridgehead atoms. The summed E-state index contributed by atoms with van der Waals surface area (Å²) in [6.07, 6.45) is 1.89. The Hall–Kier alpha value is -4.10. The molecular formula is C29H30N4O3. The van der Waals surface area contributed by atoms with Gasteiger partial charge in [0, 0.05) is 55.4 Å². The van der Waals surface area contributed by atoms with E-state index in [2.05, 4.69) is 34.0 Å². The quantitative estimate of drug-likeness (QED) is 0.444. The second-order valence-electron chi connectivity index (χ2n) is 9.14. The highest BCUT2D eigenvalue weighted by Gasteiger charge is 2.22. The van der Waals surface area contributed by atoms with Gasteiger partial charge in [-0.25, -0.2) is 0 Å². The molecule has 1 fully saturated rings. The van der Waals surface area contributed by atoms with Crippen LogP contribution in [0.15, 0.2) is 79.0 Å². The lowest BCUT2D eigenvalue weighted by Gasteiger charge is -2.32. The number of likely N-dealkylation sites (N-methyl/N-ethyl adjacent to an activating group) is 1. The van der Waals surface area contributed by atoms with Gasteiger partial charge in [0.15, 0.2) is 0 Å². The van der Waals surface area contributed by atoms with Crippen molar-refractivity contribution in [2.75, 3.05) is 45.7 Å². The maximum absolute atomic E-state index is 13.5. The van der Waals surface area contributed by atoms with Gasteiger partial charge in [-0.3, -0.25) is 9.59 Å². The summed E-state index contributed by atoms with van der Waals surface area (Å²) < 4.78 is 7.58. The molecule has 36 heavy (non-hydrogen) atoms. The van der Waals surface area contributed by atoms with E-state index in [1.54, 1.807) is 25.3 Å². The third-order valence-corrected chi connectivity index (χ3v) is 6.71. The highest BCUT2D eigenvalue weighted by atomic mass is 16.5. The number of aromatic nitrogens is 1. The molecule has 0 saturated carbocycles. The summed E-state index contributed by atoms with van der Waals surface area (Å²) in [5.74, 6) is 0.215. The molecule has 2 amide bonds. The van der Waals surface area contributed by atoms with Gasteiger partial charge in [0.2, 0.25) is 0 Å². The number of hydrogen-bond donors (Lipinski definition) is 1. The fourth-order valence-corrected chi connectivity index (χ4v) is 4.66. The number of carbonyl (C=O) groups is 2. The smallest absolute Gasteiger partial charge is 0.257 e. The van der Waals surface area contributed by atoms with Gasteiger partial charge in [-0.1, -0.05) is 48.5 Å². The summed E-state index contributed by atoms with van der Waals surface area (Å²) in [5, 5.41) is 3.87. The third-order valence-electron chi connectivity index (χ3n) is 6.71. The topological polar surface area (TPSA) is 66.8 Å². The second-order valence-corrected chi connectivity index (χ2v) is 9.14. The van der Waals surface area contributed by atoms with E-state index < -0.39 is 0 Å². The molecule has 3 aromatic carbocycles. The van der Waals surface area contributed by atoms with E-state index in [0.29, 0.717) is 42.2 Å². The number of nitrogens with one attached hydrogen (secondary N) is 1. The monoisotopic (exact) mass is 482 g/mol. The molecule has 7 nitrogen and oxygen atoms in total. The minimum absolute atomic E-state index is 0.0410. The van der Waals surface area contributed by atoms with Crippen LogP contribution in [0.3, 0.4) is 0 Å². The first-order valence-corrected chi connectivity index (χ1v) is 12.1. The van der Waals surface area contributed by atoms with Gasteiger partial charge in [-0.2, -0.15) is 0 Å². The fourth-order valence-electron chi connectivity index (χ4n) is 4.66. The summed E-state index contributed by atoms with van der Waals surface area (Å²) in [6.45, 7) is 3.72. The zero-order valence-corrected chi connectivity index (χ0v) is 20.6. The number of ether oxygens (including phenoxy) is 1. The van der Waals surface area contributed by atoms with Crippen molar-refractivity contribution in [3.8, 4) is 5.75 Å². The predicted octanol–water partition coefficient (Wildman–Crippen LogP) is 4.34. The Morgan fingerprint density at radius 3 is 2.39 bits per heavy atom. The van der Waals surface area contributed by atoms with E-state index in [9.17, 15) is 9.59 Å². The molecule has 184 valence electrons. The number of benzene rings is 3. The number of piperazine rings is 1. The summed E-state index contributed by atoms with van der Waals surface area (Å²) in [4.78, 5) is 30.7. The summed E-state index contributed by atoms with van der Waals surface area (Å²) in [6, 6.07) is 23.2. The molecule has 0 aliphatic carbocycles. The lowest BCUT2D eigenvalue weighted by Crippen LogP contribution is -2.47. The predicted molar refractivity (Wildman–Crippen MR) is 142 cm³/mol. The number of para-hydroxylation sites is 1. The zero-order valence-electron chi connectivity index (χ0n) is 20.6. The number of methoxy groups -OCH3 is 1. The van der Waals surface area contributed by atoms with Crippen molar-refractivity contribution in [1.82, 2.24) is 14.4 Å². The van der Waals surface area contributed by atoms with Crippen molar-refractivity contribution in [1.29, 1.82) is 0 Å². The Labute approximate surface area is 210 Å². The van der Waals surface area contributed by atoms with Crippen LogP contribution < -0.4 is 10.1 Å². The van der Waals surface area contributed by atoms with Crippen molar-refractivity contribution < 1.29 is 14.3 Å². The van der Waals surface area contributed by atoms with Gasteiger partial charge >= 0.3 is 0 Å². The minimum Gasteiger partial charge on any atom is -0.495 e. The molecule has 4 aromatic rings. The van der Waals surface area contributed by atoms with Crippen LogP contribution in [0.25, 0.3) is 10.9 Å². The van der Waals surface area contributed by atoms with Gasteiger partial charge < -0.3 is 24.4 Å². The van der Waals surface area contributed by atoms with Crippen LogP contribution in [0.5, 0.6) is 5.75 Å². The summed E-state index contributed by atoms with van der Waals surface area (Å²) in [7, 11) is 3.61. The normalized spacial score (nSPS) is 14.1. The number of nitrogens with zero attached hydrogens (tertiary/aromatic N) is 3. The fraction of sp³-hybridized carbons (Fsp3) is 0.241. The standard InChI is InChI=1S/C29H30N4O3/c1-31-14-16-32(17-15-31)29(35)22-12-13-27(36-2)25(18-22)30-28(34)24-20-33(19-21-8-4-3-5-9-21)26-11-7-6-10-23(24)26/h3-13,18,20H,14-17,19H2,1-2H3,(H,30,34). The van der Waals surface area contributed by atoms with Crippen LogP contribution in [0.2, 0.25) is 0 Å². The Kier molecular flexibility index (Phi) is 6.73. The number of carbonyl (C=O) groups excluding carboxylic acids is 2. The highest BCUT2D eigenvalue weighted by Crippen LogP contribution is 2.29. The molecular weight excluding hydrogens is 452 g/mol. The largest absolute Gasteiger partial charge is 0.495 e. The van der Waals surface area contributed by atoms with Crippen LogP contribution in [0.1, 0.15) is 26.3 Å². The van der Waals surface area contributed by atoms with E-state index in [0.717, 1.165) is 29.6 Å². The number of anilines is 1. The van der Waals surface area contributed by atoms with Crippen LogP contribution in [0, 0.1) is 0 Å². The van der Waals surface area contributed by atoms with Crippen molar-refractivity contribution in [3.05, 3.63) is 95.7 Å². The number of hydrogen-bond acceptors (Lipinski definition) is 4. The summed E-state index contributed by atoms with van der Waals surface area (Å²) >= 11 is 0. The van der Waals surface area contributed by atoms with Crippen molar-refractivity contribution in [3.63, 3.8) is 0 Å². The van der Waals surface area contributed by atoms with Gasteiger partial charge in [0.05, 0.1) is 18.4 Å². The molecule has 1 aliphatic heterocycles. The molecule has 0 spiro atoms. The van der Waals surface area contributed by atoms with Crippen LogP contribution >= 0.6 is 0 Å². The first-order valence-electron chi connectivity index (χ1n) is 12.1. The molecule has 7 heteroatoms. The van der Waals surface area contributed by atoms with E-state index in [4.69, 9.17) is 4.74 Å². The minimum atomic E-state index is -0.250. The lowest BCUT2D eigenvalue weighted by atomic mass is 10.1. The molecule has 0 atom stereocenters. The third kappa shape index (κ3) is 4.83. The van der Waals surface area contributed by atoms with Gasteiger partial charge in [0.1, 0.15) is 5.75 Å². The highest BCUT2D eigenvalue weighted by molar-refractivity contribution is 6.13. The molecule has 1 saturated heterocycles. The maximum atomic E-state index is 13.5. The molecule has 2 heterocycles. The number of rotatable bonds is 6. The first kappa shape index (κ1) is 23.6. The van der Waals surface area contributed by atoms with E-state index in [1.165, 1.54) is 0 Å². The zero-order chi connectivity index (χ0) is 25.1. The van der Waals surface area contributed by atoms with Crippen molar-refractivity contribution >= 4 is 28.4 Å². The van der Waals surface area contributed by atoms with Crippen LogP contribution in [-0.4, -0.2) is 66.5 Å². The van der Waals surface area contributed by atoms with Gasteiger partial charge in [-0.05, 0) is 36.9 Å². The lowest BCUT2D eigenvalue weighted by molar-refractivity contribution is 0.0664. The first-order chi connectivity index (χ1) is 17.5. The van der Waals surface area contributed by atoms with Crippen LogP contribution in [-0.2, 0) is 6.54 Å². The number of fused-ring (bicyclic) bond motifs is 1. The Morgan fingerprint density at radius 2 is 1.64 bits per heavy atom. The van der Waals surface area contributed by atoms with E-state index in [-0.39, 0.29) is 11.8 Å². The second kappa shape index (κ2) is 10.3. The van der Waals surface area contributed by atoms with Gasteiger partial charge in [-0.15, -0.1) is 0 Å². The average molecular weight is 483 g/mol. The van der Waals surface area contributed by atoms with E-state index in [1.807, 2.05) is 53.6 Å². The van der Waals surface area contributed by atoms with Gasteiger partial charge in [0.25, 0.3) is 11.8 Å². The average Bonchev–Trinajstić information content (AvgIpc) is 3.28.